The van der Waals surface area contributed by atoms with E-state index in [4.69, 9.17) is 17.3 Å². The van der Waals surface area contributed by atoms with E-state index in [2.05, 4.69) is 4.98 Å². The summed E-state index contributed by atoms with van der Waals surface area (Å²) in [6.45, 7) is 0.544. The average Bonchev–Trinajstić information content (AvgIpc) is 2.38. The Morgan fingerprint density at radius 2 is 2.06 bits per heavy atom. The Morgan fingerprint density at radius 1 is 1.24 bits per heavy atom. The third-order valence-corrected chi connectivity index (χ3v) is 3.71. The van der Waals surface area contributed by atoms with Crippen LogP contribution in [0.5, 0.6) is 0 Å². The molecule has 0 aliphatic rings. The number of benzene rings is 1. The molecular formula is C13H13ClN2S. The molecule has 88 valence electrons. The summed E-state index contributed by atoms with van der Waals surface area (Å²) in [6, 6.07) is 11.8. The predicted molar refractivity (Wildman–Crippen MR) is 73.1 cm³/mol. The van der Waals surface area contributed by atoms with Crippen LogP contribution in [0, 0.1) is 0 Å². The van der Waals surface area contributed by atoms with Crippen molar-refractivity contribution < 1.29 is 0 Å². The average molecular weight is 265 g/mol. The Hall–Kier alpha value is -1.03. The maximum atomic E-state index is 6.10. The molecule has 4 heteroatoms. The summed E-state index contributed by atoms with van der Waals surface area (Å²) in [6.07, 6.45) is 1.79. The van der Waals surface area contributed by atoms with Crippen LogP contribution >= 0.6 is 23.4 Å². The fraction of sp³-hybridized carbons (Fsp3) is 0.154. The van der Waals surface area contributed by atoms with Gasteiger partial charge in [0.1, 0.15) is 0 Å². The third kappa shape index (κ3) is 3.46. The molecular weight excluding hydrogens is 252 g/mol. The quantitative estimate of drug-likeness (QED) is 0.860. The Balaban J connectivity index is 2.05. The zero-order valence-electron chi connectivity index (χ0n) is 9.27. The van der Waals surface area contributed by atoms with E-state index in [1.54, 1.807) is 18.0 Å². The van der Waals surface area contributed by atoms with Crippen LogP contribution < -0.4 is 5.73 Å². The van der Waals surface area contributed by atoms with E-state index < -0.39 is 0 Å². The van der Waals surface area contributed by atoms with Gasteiger partial charge in [0.15, 0.2) is 0 Å². The van der Waals surface area contributed by atoms with Gasteiger partial charge in [-0.2, -0.15) is 0 Å². The van der Waals surface area contributed by atoms with Crippen LogP contribution in [0.3, 0.4) is 0 Å². The van der Waals surface area contributed by atoms with Crippen molar-refractivity contribution in [1.29, 1.82) is 0 Å². The van der Waals surface area contributed by atoms with Crippen LogP contribution in [0.15, 0.2) is 47.6 Å². The number of hydrogen-bond acceptors (Lipinski definition) is 3. The van der Waals surface area contributed by atoms with E-state index in [9.17, 15) is 0 Å². The van der Waals surface area contributed by atoms with Crippen LogP contribution in [0.2, 0.25) is 5.02 Å². The molecule has 0 fully saturated rings. The van der Waals surface area contributed by atoms with E-state index in [-0.39, 0.29) is 0 Å². The zero-order chi connectivity index (χ0) is 12.1. The molecule has 1 heterocycles. The predicted octanol–water partition coefficient (Wildman–Crippen LogP) is 3.49. The molecule has 2 nitrogen and oxygen atoms in total. The Bertz CT molecular complexity index is 502. The standard InChI is InChI=1S/C13H13ClN2S/c14-12-4-2-1-3-11(12)9-17-13-7-10(8-15)5-6-16-13/h1-7H,8-9,15H2. The van der Waals surface area contributed by atoms with Crippen LogP contribution in [-0.2, 0) is 12.3 Å². The molecule has 1 aromatic carbocycles. The normalized spacial score (nSPS) is 10.5. The summed E-state index contributed by atoms with van der Waals surface area (Å²) in [5, 5.41) is 1.78. The van der Waals surface area contributed by atoms with Crippen LogP contribution in [0.1, 0.15) is 11.1 Å². The fourth-order valence-corrected chi connectivity index (χ4v) is 2.63. The Morgan fingerprint density at radius 3 is 2.82 bits per heavy atom. The molecule has 1 aromatic heterocycles. The van der Waals surface area contributed by atoms with Gasteiger partial charge in [-0.1, -0.05) is 29.8 Å². The molecule has 2 aromatic rings. The number of hydrogen-bond donors (Lipinski definition) is 1. The molecule has 0 saturated heterocycles. The van der Waals surface area contributed by atoms with Crippen molar-refractivity contribution in [3.63, 3.8) is 0 Å². The number of pyridine rings is 1. The smallest absolute Gasteiger partial charge is 0.0966 e. The highest BCUT2D eigenvalue weighted by Crippen LogP contribution is 2.25. The third-order valence-electron chi connectivity index (χ3n) is 2.37. The Kier molecular flexibility index (Phi) is 4.42. The van der Waals surface area contributed by atoms with Gasteiger partial charge < -0.3 is 5.73 Å². The van der Waals surface area contributed by atoms with E-state index in [1.165, 1.54) is 0 Å². The van der Waals surface area contributed by atoms with E-state index >= 15 is 0 Å². The van der Waals surface area contributed by atoms with Gasteiger partial charge in [0, 0.05) is 23.5 Å². The lowest BCUT2D eigenvalue weighted by molar-refractivity contribution is 1.02. The van der Waals surface area contributed by atoms with Gasteiger partial charge in [0.2, 0.25) is 0 Å². The molecule has 0 radical (unpaired) electrons. The number of nitrogens with zero attached hydrogens (tertiary/aromatic N) is 1. The molecule has 2 N–H and O–H groups in total. The lowest BCUT2D eigenvalue weighted by Crippen LogP contribution is -1.96. The van der Waals surface area contributed by atoms with E-state index in [0.29, 0.717) is 6.54 Å². The first-order chi connectivity index (χ1) is 8.29. The van der Waals surface area contributed by atoms with Gasteiger partial charge in [-0.15, -0.1) is 11.8 Å². The maximum absolute atomic E-state index is 6.10. The summed E-state index contributed by atoms with van der Waals surface area (Å²) in [4.78, 5) is 4.30. The number of rotatable bonds is 4. The minimum Gasteiger partial charge on any atom is -0.326 e. The first kappa shape index (κ1) is 12.4. The number of halogens is 1. The van der Waals surface area contributed by atoms with Crippen molar-refractivity contribution in [1.82, 2.24) is 4.98 Å². The van der Waals surface area contributed by atoms with Gasteiger partial charge in [0.05, 0.1) is 5.03 Å². The molecule has 0 aliphatic carbocycles. The second-order valence-corrected chi connectivity index (χ2v) is 4.99. The molecule has 0 spiro atoms. The summed E-state index contributed by atoms with van der Waals surface area (Å²) >= 11 is 7.76. The minimum absolute atomic E-state index is 0.544. The van der Waals surface area contributed by atoms with Gasteiger partial charge >= 0.3 is 0 Å². The largest absolute Gasteiger partial charge is 0.326 e. The summed E-state index contributed by atoms with van der Waals surface area (Å²) in [5.74, 6) is 0.820. The lowest BCUT2D eigenvalue weighted by Gasteiger charge is -2.04. The second-order valence-electron chi connectivity index (χ2n) is 3.59. The van der Waals surface area contributed by atoms with Crippen LogP contribution in [0.4, 0.5) is 0 Å². The summed E-state index contributed by atoms with van der Waals surface area (Å²) in [7, 11) is 0. The van der Waals surface area contributed by atoms with Gasteiger partial charge in [0.25, 0.3) is 0 Å². The molecule has 0 amide bonds. The van der Waals surface area contributed by atoms with Crippen molar-refractivity contribution in [3.8, 4) is 0 Å². The van der Waals surface area contributed by atoms with Gasteiger partial charge in [-0.3, -0.25) is 0 Å². The minimum atomic E-state index is 0.544. The fourth-order valence-electron chi connectivity index (χ4n) is 1.42. The first-order valence-electron chi connectivity index (χ1n) is 5.31. The SMILES string of the molecule is NCc1ccnc(SCc2ccccc2Cl)c1. The second kappa shape index (κ2) is 6.05. The first-order valence-corrected chi connectivity index (χ1v) is 6.67. The van der Waals surface area contributed by atoms with E-state index in [0.717, 1.165) is 26.9 Å². The molecule has 0 unspecified atom stereocenters. The summed E-state index contributed by atoms with van der Waals surface area (Å²) < 4.78 is 0. The highest BCUT2D eigenvalue weighted by atomic mass is 35.5. The van der Waals surface area contributed by atoms with Crippen molar-refractivity contribution in [2.45, 2.75) is 17.3 Å². The number of nitrogens with two attached hydrogens (primary N) is 1. The molecule has 0 aliphatic heterocycles. The monoisotopic (exact) mass is 264 g/mol. The van der Waals surface area contributed by atoms with Crippen LogP contribution in [0.25, 0.3) is 0 Å². The summed E-state index contributed by atoms with van der Waals surface area (Å²) in [5.41, 5.74) is 7.81. The van der Waals surface area contributed by atoms with Crippen LogP contribution in [-0.4, -0.2) is 4.98 Å². The molecule has 0 saturated carbocycles. The topological polar surface area (TPSA) is 38.9 Å². The lowest BCUT2D eigenvalue weighted by atomic mass is 10.2. The number of thioether (sulfide) groups is 1. The van der Waals surface area contributed by atoms with Crippen molar-refractivity contribution >= 4 is 23.4 Å². The molecule has 17 heavy (non-hydrogen) atoms. The van der Waals surface area contributed by atoms with Crippen molar-refractivity contribution in [2.24, 2.45) is 5.73 Å². The van der Waals surface area contributed by atoms with Crippen molar-refractivity contribution in [2.75, 3.05) is 0 Å². The Labute approximate surface area is 110 Å². The van der Waals surface area contributed by atoms with E-state index in [1.807, 2.05) is 36.4 Å². The highest BCUT2D eigenvalue weighted by molar-refractivity contribution is 7.98. The molecule has 2 rings (SSSR count). The van der Waals surface area contributed by atoms with Crippen molar-refractivity contribution in [3.05, 3.63) is 58.7 Å². The number of aromatic nitrogens is 1. The maximum Gasteiger partial charge on any atom is 0.0966 e. The molecule has 0 atom stereocenters. The zero-order valence-corrected chi connectivity index (χ0v) is 10.8. The van der Waals surface area contributed by atoms with Gasteiger partial charge in [-0.05, 0) is 29.3 Å². The highest BCUT2D eigenvalue weighted by Gasteiger charge is 2.02. The molecule has 0 bridgehead atoms. The van der Waals surface area contributed by atoms with Gasteiger partial charge in [-0.25, -0.2) is 4.98 Å².